The van der Waals surface area contributed by atoms with Crippen molar-refractivity contribution in [3.05, 3.63) is 28.4 Å². The zero-order valence-electron chi connectivity index (χ0n) is 12.8. The van der Waals surface area contributed by atoms with E-state index < -0.39 is 4.92 Å². The SMILES string of the molecule is CN(C)[C@H](CNc1ccc([N+](=O)[O-])cn1)C1CCCCC1. The van der Waals surface area contributed by atoms with Gasteiger partial charge in [0.2, 0.25) is 0 Å². The maximum absolute atomic E-state index is 10.6. The van der Waals surface area contributed by atoms with Crippen LogP contribution in [-0.2, 0) is 0 Å². The first-order valence-corrected chi connectivity index (χ1v) is 7.58. The number of rotatable bonds is 6. The lowest BCUT2D eigenvalue weighted by atomic mass is 9.83. The molecule has 6 heteroatoms. The molecule has 1 aromatic heterocycles. The number of pyridine rings is 1. The smallest absolute Gasteiger partial charge is 0.287 e. The Kier molecular flexibility index (Phi) is 5.50. The van der Waals surface area contributed by atoms with E-state index in [2.05, 4.69) is 29.3 Å². The number of anilines is 1. The van der Waals surface area contributed by atoms with Gasteiger partial charge in [-0.15, -0.1) is 0 Å². The van der Waals surface area contributed by atoms with Crippen molar-refractivity contribution in [2.75, 3.05) is 26.0 Å². The minimum Gasteiger partial charge on any atom is -0.368 e. The average molecular weight is 292 g/mol. The van der Waals surface area contributed by atoms with Crippen LogP contribution in [0, 0.1) is 16.0 Å². The third-order valence-electron chi connectivity index (χ3n) is 4.31. The molecule has 0 saturated heterocycles. The van der Waals surface area contributed by atoms with Crippen LogP contribution in [0.2, 0.25) is 0 Å². The summed E-state index contributed by atoms with van der Waals surface area (Å²) in [5.41, 5.74) is 0.0250. The Hall–Kier alpha value is -1.69. The fraction of sp³-hybridized carbons (Fsp3) is 0.667. The molecule has 116 valence electrons. The Balaban J connectivity index is 1.93. The first-order chi connectivity index (χ1) is 10.1. The van der Waals surface area contributed by atoms with Crippen molar-refractivity contribution in [1.29, 1.82) is 0 Å². The van der Waals surface area contributed by atoms with Crippen molar-refractivity contribution >= 4 is 11.5 Å². The summed E-state index contributed by atoms with van der Waals surface area (Å²) in [6, 6.07) is 3.63. The van der Waals surface area contributed by atoms with Gasteiger partial charge in [0.05, 0.1) is 4.92 Å². The molecule has 1 fully saturated rings. The van der Waals surface area contributed by atoms with Crippen LogP contribution in [-0.4, -0.2) is 41.5 Å². The molecular formula is C15H24N4O2. The van der Waals surface area contributed by atoms with Crippen LogP contribution >= 0.6 is 0 Å². The largest absolute Gasteiger partial charge is 0.368 e. The number of hydrogen-bond donors (Lipinski definition) is 1. The van der Waals surface area contributed by atoms with Gasteiger partial charge < -0.3 is 10.2 Å². The van der Waals surface area contributed by atoms with Gasteiger partial charge in [-0.25, -0.2) is 4.98 Å². The molecular weight excluding hydrogens is 268 g/mol. The highest BCUT2D eigenvalue weighted by molar-refractivity contribution is 5.40. The van der Waals surface area contributed by atoms with Crippen LogP contribution < -0.4 is 5.32 Å². The van der Waals surface area contributed by atoms with Crippen molar-refractivity contribution in [3.63, 3.8) is 0 Å². The summed E-state index contributed by atoms with van der Waals surface area (Å²) in [5.74, 6) is 1.42. The summed E-state index contributed by atoms with van der Waals surface area (Å²) in [6.45, 7) is 0.822. The fourth-order valence-corrected chi connectivity index (χ4v) is 3.10. The van der Waals surface area contributed by atoms with E-state index in [-0.39, 0.29) is 5.69 Å². The molecule has 0 aromatic carbocycles. The normalized spacial score (nSPS) is 17.7. The molecule has 1 atom stereocenters. The molecule has 1 aromatic rings. The lowest BCUT2D eigenvalue weighted by Gasteiger charge is -2.35. The highest BCUT2D eigenvalue weighted by atomic mass is 16.6. The molecule has 1 saturated carbocycles. The van der Waals surface area contributed by atoms with E-state index in [0.29, 0.717) is 11.9 Å². The van der Waals surface area contributed by atoms with Gasteiger partial charge in [0.1, 0.15) is 12.0 Å². The second-order valence-electron chi connectivity index (χ2n) is 5.97. The Morgan fingerprint density at radius 2 is 2.10 bits per heavy atom. The van der Waals surface area contributed by atoms with Crippen molar-refractivity contribution < 1.29 is 4.92 Å². The second kappa shape index (κ2) is 7.36. The number of hydrogen-bond acceptors (Lipinski definition) is 5. The molecule has 1 aliphatic rings. The van der Waals surface area contributed by atoms with Gasteiger partial charge in [0, 0.05) is 18.7 Å². The lowest BCUT2D eigenvalue weighted by molar-refractivity contribution is -0.385. The maximum Gasteiger partial charge on any atom is 0.287 e. The van der Waals surface area contributed by atoms with E-state index >= 15 is 0 Å². The number of nitrogens with zero attached hydrogens (tertiary/aromatic N) is 3. The van der Waals surface area contributed by atoms with Crippen LogP contribution in [0.1, 0.15) is 32.1 Å². The molecule has 2 rings (SSSR count). The quantitative estimate of drug-likeness (QED) is 0.645. The van der Waals surface area contributed by atoms with E-state index in [1.807, 2.05) is 0 Å². The molecule has 0 unspecified atom stereocenters. The van der Waals surface area contributed by atoms with Gasteiger partial charge in [-0.05, 0) is 38.9 Å². The fourth-order valence-electron chi connectivity index (χ4n) is 3.10. The van der Waals surface area contributed by atoms with E-state index in [1.165, 1.54) is 44.4 Å². The van der Waals surface area contributed by atoms with Crippen molar-refractivity contribution in [2.24, 2.45) is 5.92 Å². The topological polar surface area (TPSA) is 71.3 Å². The van der Waals surface area contributed by atoms with E-state index in [9.17, 15) is 10.1 Å². The Labute approximate surface area is 125 Å². The second-order valence-corrected chi connectivity index (χ2v) is 5.97. The van der Waals surface area contributed by atoms with E-state index in [0.717, 1.165) is 12.5 Å². The van der Waals surface area contributed by atoms with Crippen LogP contribution in [0.25, 0.3) is 0 Å². The standard InChI is InChI=1S/C15H24N4O2/c1-18(2)14(12-6-4-3-5-7-12)11-17-15-9-8-13(10-16-15)19(20)21/h8-10,12,14H,3-7,11H2,1-2H3,(H,16,17)/t14-/m1/s1. The number of nitrogens with one attached hydrogen (secondary N) is 1. The van der Waals surface area contributed by atoms with E-state index in [1.54, 1.807) is 6.07 Å². The third kappa shape index (κ3) is 4.39. The zero-order valence-corrected chi connectivity index (χ0v) is 12.8. The Morgan fingerprint density at radius 1 is 1.38 bits per heavy atom. The summed E-state index contributed by atoms with van der Waals surface area (Å²) >= 11 is 0. The summed E-state index contributed by atoms with van der Waals surface area (Å²) in [5, 5.41) is 13.9. The van der Waals surface area contributed by atoms with Gasteiger partial charge in [-0.2, -0.15) is 0 Å². The highest BCUT2D eigenvalue weighted by Gasteiger charge is 2.25. The maximum atomic E-state index is 10.6. The molecule has 21 heavy (non-hydrogen) atoms. The molecule has 0 amide bonds. The summed E-state index contributed by atoms with van der Waals surface area (Å²) in [6.07, 6.45) is 7.88. The first kappa shape index (κ1) is 15.7. The average Bonchev–Trinajstić information content (AvgIpc) is 2.48. The van der Waals surface area contributed by atoms with E-state index in [4.69, 9.17) is 0 Å². The molecule has 0 aliphatic heterocycles. The number of likely N-dealkylation sites (N-methyl/N-ethyl adjacent to an activating group) is 1. The number of nitro groups is 1. The molecule has 0 bridgehead atoms. The molecule has 0 spiro atoms. The lowest BCUT2D eigenvalue weighted by Crippen LogP contribution is -2.41. The minimum absolute atomic E-state index is 0.0250. The third-order valence-corrected chi connectivity index (χ3v) is 4.31. The van der Waals surface area contributed by atoms with Crippen molar-refractivity contribution in [3.8, 4) is 0 Å². The first-order valence-electron chi connectivity index (χ1n) is 7.58. The van der Waals surface area contributed by atoms with Crippen molar-refractivity contribution in [1.82, 2.24) is 9.88 Å². The minimum atomic E-state index is -0.429. The molecule has 1 heterocycles. The zero-order chi connectivity index (χ0) is 15.2. The monoisotopic (exact) mass is 292 g/mol. The molecule has 6 nitrogen and oxygen atoms in total. The Morgan fingerprint density at radius 3 is 2.62 bits per heavy atom. The Bertz CT molecular complexity index is 455. The van der Waals surface area contributed by atoms with Gasteiger partial charge in [0.25, 0.3) is 5.69 Å². The van der Waals surface area contributed by atoms with Gasteiger partial charge in [-0.3, -0.25) is 10.1 Å². The van der Waals surface area contributed by atoms with Crippen LogP contribution in [0.15, 0.2) is 18.3 Å². The summed E-state index contributed by atoms with van der Waals surface area (Å²) in [4.78, 5) is 16.6. The molecule has 0 radical (unpaired) electrons. The predicted octanol–water partition coefficient (Wildman–Crippen LogP) is 2.91. The highest BCUT2D eigenvalue weighted by Crippen LogP contribution is 2.28. The predicted molar refractivity (Wildman–Crippen MR) is 83.4 cm³/mol. The summed E-state index contributed by atoms with van der Waals surface area (Å²) in [7, 11) is 4.23. The molecule has 1 N–H and O–H groups in total. The van der Waals surface area contributed by atoms with Crippen LogP contribution in [0.3, 0.4) is 0 Å². The summed E-state index contributed by atoms with van der Waals surface area (Å²) < 4.78 is 0. The van der Waals surface area contributed by atoms with Crippen LogP contribution in [0.4, 0.5) is 11.5 Å². The van der Waals surface area contributed by atoms with Crippen LogP contribution in [0.5, 0.6) is 0 Å². The number of aromatic nitrogens is 1. The van der Waals surface area contributed by atoms with Gasteiger partial charge >= 0.3 is 0 Å². The van der Waals surface area contributed by atoms with Gasteiger partial charge in [-0.1, -0.05) is 19.3 Å². The van der Waals surface area contributed by atoms with Crippen molar-refractivity contribution in [2.45, 2.75) is 38.1 Å². The molecule has 1 aliphatic carbocycles. The van der Waals surface area contributed by atoms with Gasteiger partial charge in [0.15, 0.2) is 0 Å².